The van der Waals surface area contributed by atoms with Crippen molar-refractivity contribution in [2.24, 2.45) is 0 Å². The molecule has 0 N–H and O–H groups in total. The first-order valence-corrected chi connectivity index (χ1v) is 7.93. The third-order valence-corrected chi connectivity index (χ3v) is 4.65. The number of rotatable bonds is 2. The number of aryl methyl sites for hydroxylation is 1. The van der Waals surface area contributed by atoms with E-state index in [2.05, 4.69) is 47.1 Å². The Morgan fingerprint density at radius 1 is 1.27 bits per heavy atom. The van der Waals surface area contributed by atoms with Crippen molar-refractivity contribution in [2.45, 2.75) is 25.7 Å². The van der Waals surface area contributed by atoms with Crippen LogP contribution in [-0.4, -0.2) is 18.1 Å². The monoisotopic (exact) mass is 311 g/mol. The SMILES string of the molecule is Cc1ccccc1C1CCN(c2ncc(C#N)cc2Cl)CC1. The van der Waals surface area contributed by atoms with Gasteiger partial charge in [0.2, 0.25) is 0 Å². The van der Waals surface area contributed by atoms with Gasteiger partial charge < -0.3 is 4.90 Å². The fraction of sp³-hybridized carbons (Fsp3) is 0.333. The second kappa shape index (κ2) is 6.37. The number of hydrogen-bond acceptors (Lipinski definition) is 3. The average molecular weight is 312 g/mol. The number of anilines is 1. The van der Waals surface area contributed by atoms with Crippen LogP contribution in [0.2, 0.25) is 5.02 Å². The molecule has 1 aliphatic rings. The van der Waals surface area contributed by atoms with Gasteiger partial charge in [0.15, 0.2) is 0 Å². The number of nitrogens with zero attached hydrogens (tertiary/aromatic N) is 3. The summed E-state index contributed by atoms with van der Waals surface area (Å²) in [6, 6.07) is 12.4. The number of piperidine rings is 1. The minimum Gasteiger partial charge on any atom is -0.355 e. The molecule has 0 bridgehead atoms. The van der Waals surface area contributed by atoms with Crippen LogP contribution < -0.4 is 4.90 Å². The summed E-state index contributed by atoms with van der Waals surface area (Å²) in [5.41, 5.74) is 3.33. The molecule has 3 nitrogen and oxygen atoms in total. The van der Waals surface area contributed by atoms with E-state index < -0.39 is 0 Å². The van der Waals surface area contributed by atoms with Gasteiger partial charge in [-0.25, -0.2) is 4.98 Å². The van der Waals surface area contributed by atoms with Crippen LogP contribution in [0.4, 0.5) is 5.82 Å². The van der Waals surface area contributed by atoms with E-state index in [0.29, 0.717) is 16.5 Å². The van der Waals surface area contributed by atoms with E-state index >= 15 is 0 Å². The Bertz CT molecular complexity index is 713. The van der Waals surface area contributed by atoms with Gasteiger partial charge in [-0.05, 0) is 42.9 Å². The molecule has 1 saturated heterocycles. The normalized spacial score (nSPS) is 15.6. The third kappa shape index (κ3) is 2.93. The Morgan fingerprint density at radius 3 is 2.64 bits per heavy atom. The molecule has 0 amide bonds. The quantitative estimate of drug-likeness (QED) is 0.830. The standard InChI is InChI=1S/C18H18ClN3/c1-13-4-2-3-5-16(13)15-6-8-22(9-7-15)18-17(19)10-14(11-20)12-21-18/h2-5,10,12,15H,6-9H2,1H3. The number of pyridine rings is 1. The van der Waals surface area contributed by atoms with Gasteiger partial charge in [0.05, 0.1) is 10.6 Å². The maximum absolute atomic E-state index is 8.89. The van der Waals surface area contributed by atoms with Gasteiger partial charge in [-0.3, -0.25) is 0 Å². The Kier molecular flexibility index (Phi) is 4.31. The van der Waals surface area contributed by atoms with Gasteiger partial charge in [0, 0.05) is 19.3 Å². The minimum atomic E-state index is 0.503. The number of nitriles is 1. The fourth-order valence-corrected chi connectivity index (χ4v) is 3.46. The van der Waals surface area contributed by atoms with Crippen molar-refractivity contribution in [3.63, 3.8) is 0 Å². The highest BCUT2D eigenvalue weighted by molar-refractivity contribution is 6.33. The summed E-state index contributed by atoms with van der Waals surface area (Å²) in [6.07, 6.45) is 3.79. The van der Waals surface area contributed by atoms with Gasteiger partial charge in [0.1, 0.15) is 11.9 Å². The zero-order valence-corrected chi connectivity index (χ0v) is 13.3. The molecule has 1 aromatic heterocycles. The Balaban J connectivity index is 1.72. The second-order valence-corrected chi connectivity index (χ2v) is 6.17. The van der Waals surface area contributed by atoms with Crippen LogP contribution in [0.1, 0.15) is 35.4 Å². The molecule has 1 aromatic carbocycles. The molecule has 0 atom stereocenters. The second-order valence-electron chi connectivity index (χ2n) is 5.76. The molecule has 22 heavy (non-hydrogen) atoms. The minimum absolute atomic E-state index is 0.503. The van der Waals surface area contributed by atoms with Crippen LogP contribution in [0, 0.1) is 18.3 Å². The van der Waals surface area contributed by atoms with E-state index in [1.165, 1.54) is 11.1 Å². The Labute approximate surface area is 136 Å². The summed E-state index contributed by atoms with van der Waals surface area (Å²) >= 11 is 6.26. The summed E-state index contributed by atoms with van der Waals surface area (Å²) in [5, 5.41) is 9.45. The van der Waals surface area contributed by atoms with E-state index in [4.69, 9.17) is 16.9 Å². The lowest BCUT2D eigenvalue weighted by atomic mass is 9.87. The molecule has 0 unspecified atom stereocenters. The van der Waals surface area contributed by atoms with Crippen LogP contribution >= 0.6 is 11.6 Å². The molecular weight excluding hydrogens is 294 g/mol. The van der Waals surface area contributed by atoms with Gasteiger partial charge in [-0.15, -0.1) is 0 Å². The highest BCUT2D eigenvalue weighted by Crippen LogP contribution is 2.33. The van der Waals surface area contributed by atoms with Crippen molar-refractivity contribution in [1.82, 2.24) is 4.98 Å². The number of aromatic nitrogens is 1. The molecule has 112 valence electrons. The van der Waals surface area contributed by atoms with Crippen molar-refractivity contribution in [3.8, 4) is 6.07 Å². The first kappa shape index (κ1) is 14.9. The van der Waals surface area contributed by atoms with Crippen molar-refractivity contribution in [2.75, 3.05) is 18.0 Å². The topological polar surface area (TPSA) is 39.9 Å². The number of hydrogen-bond donors (Lipinski definition) is 0. The van der Waals surface area contributed by atoms with Crippen molar-refractivity contribution < 1.29 is 0 Å². The van der Waals surface area contributed by atoms with E-state index in [9.17, 15) is 0 Å². The van der Waals surface area contributed by atoms with E-state index in [-0.39, 0.29) is 0 Å². The van der Waals surface area contributed by atoms with Crippen LogP contribution in [0.5, 0.6) is 0 Å². The van der Waals surface area contributed by atoms with Crippen LogP contribution in [-0.2, 0) is 0 Å². The molecule has 2 heterocycles. The van der Waals surface area contributed by atoms with Crippen molar-refractivity contribution >= 4 is 17.4 Å². The van der Waals surface area contributed by atoms with Crippen LogP contribution in [0.25, 0.3) is 0 Å². The van der Waals surface area contributed by atoms with E-state index in [1.807, 2.05) is 0 Å². The summed E-state index contributed by atoms with van der Waals surface area (Å²) in [6.45, 7) is 4.07. The third-order valence-electron chi connectivity index (χ3n) is 4.37. The zero-order chi connectivity index (χ0) is 15.5. The van der Waals surface area contributed by atoms with Gasteiger partial charge >= 0.3 is 0 Å². The highest BCUT2D eigenvalue weighted by Gasteiger charge is 2.23. The fourth-order valence-electron chi connectivity index (χ4n) is 3.17. The molecule has 3 rings (SSSR count). The molecule has 1 aliphatic heterocycles. The predicted octanol–water partition coefficient (Wildman–Crippen LogP) is 4.30. The average Bonchev–Trinajstić information content (AvgIpc) is 2.55. The largest absolute Gasteiger partial charge is 0.355 e. The molecule has 4 heteroatoms. The first-order chi connectivity index (χ1) is 10.7. The molecule has 0 saturated carbocycles. The maximum Gasteiger partial charge on any atom is 0.147 e. The summed E-state index contributed by atoms with van der Waals surface area (Å²) < 4.78 is 0. The summed E-state index contributed by atoms with van der Waals surface area (Å²) in [5.74, 6) is 1.40. The molecule has 0 radical (unpaired) electrons. The Morgan fingerprint density at radius 2 is 2.00 bits per heavy atom. The number of benzene rings is 1. The van der Waals surface area contributed by atoms with Gasteiger partial charge in [-0.1, -0.05) is 35.9 Å². The predicted molar refractivity (Wildman–Crippen MR) is 89.3 cm³/mol. The van der Waals surface area contributed by atoms with Gasteiger partial charge in [-0.2, -0.15) is 5.26 Å². The smallest absolute Gasteiger partial charge is 0.147 e. The lowest BCUT2D eigenvalue weighted by Crippen LogP contribution is -2.33. The molecule has 0 aliphatic carbocycles. The summed E-state index contributed by atoms with van der Waals surface area (Å²) in [7, 11) is 0. The molecule has 2 aromatic rings. The molecular formula is C18H18ClN3. The summed E-state index contributed by atoms with van der Waals surface area (Å²) in [4.78, 5) is 6.58. The molecule has 0 spiro atoms. The van der Waals surface area contributed by atoms with E-state index in [1.54, 1.807) is 12.3 Å². The highest BCUT2D eigenvalue weighted by atomic mass is 35.5. The lowest BCUT2D eigenvalue weighted by molar-refractivity contribution is 0.501. The molecule has 1 fully saturated rings. The zero-order valence-electron chi connectivity index (χ0n) is 12.6. The van der Waals surface area contributed by atoms with E-state index in [0.717, 1.165) is 31.7 Å². The van der Waals surface area contributed by atoms with Gasteiger partial charge in [0.25, 0.3) is 0 Å². The van der Waals surface area contributed by atoms with Crippen LogP contribution in [0.15, 0.2) is 36.5 Å². The number of halogens is 1. The van der Waals surface area contributed by atoms with Crippen LogP contribution in [0.3, 0.4) is 0 Å². The Hall–Kier alpha value is -2.05. The van der Waals surface area contributed by atoms with Crippen molar-refractivity contribution in [1.29, 1.82) is 5.26 Å². The lowest BCUT2D eigenvalue weighted by Gasteiger charge is -2.34. The first-order valence-electron chi connectivity index (χ1n) is 7.55. The van der Waals surface area contributed by atoms with Crippen molar-refractivity contribution in [3.05, 3.63) is 58.2 Å². The maximum atomic E-state index is 8.89.